The van der Waals surface area contributed by atoms with Gasteiger partial charge in [0, 0.05) is 37.9 Å². The SMILES string of the molecule is CC(C)Oc1ccc(-c2cnc(-c3ccc(CN4CC(C(=O)O)C4)cc3)s2)c(CN)c1. The van der Waals surface area contributed by atoms with Crippen LogP contribution >= 0.6 is 11.3 Å². The number of likely N-dealkylation sites (tertiary alicyclic amines) is 1. The summed E-state index contributed by atoms with van der Waals surface area (Å²) in [4.78, 5) is 18.8. The van der Waals surface area contributed by atoms with Gasteiger partial charge >= 0.3 is 5.97 Å². The van der Waals surface area contributed by atoms with Crippen molar-refractivity contribution in [3.8, 4) is 26.8 Å². The number of rotatable bonds is 8. The number of carboxylic acids is 1. The molecule has 2 heterocycles. The van der Waals surface area contributed by atoms with Crippen LogP contribution in [0.1, 0.15) is 25.0 Å². The molecule has 3 N–H and O–H groups in total. The minimum absolute atomic E-state index is 0.120. The van der Waals surface area contributed by atoms with Crippen LogP contribution in [0.2, 0.25) is 0 Å². The Morgan fingerprint density at radius 3 is 2.65 bits per heavy atom. The predicted molar refractivity (Wildman–Crippen MR) is 123 cm³/mol. The summed E-state index contributed by atoms with van der Waals surface area (Å²) in [6.07, 6.45) is 2.02. The molecule has 1 aromatic heterocycles. The maximum absolute atomic E-state index is 10.9. The first kappa shape index (κ1) is 21.5. The molecule has 0 saturated carbocycles. The van der Waals surface area contributed by atoms with Crippen LogP contribution in [-0.2, 0) is 17.9 Å². The number of hydrogen-bond donors (Lipinski definition) is 2. The topological polar surface area (TPSA) is 88.7 Å². The van der Waals surface area contributed by atoms with Gasteiger partial charge in [0.25, 0.3) is 0 Å². The third-order valence-corrected chi connectivity index (χ3v) is 6.43. The van der Waals surface area contributed by atoms with E-state index in [1.54, 1.807) is 11.3 Å². The molecule has 0 amide bonds. The van der Waals surface area contributed by atoms with Crippen molar-refractivity contribution in [1.82, 2.24) is 9.88 Å². The van der Waals surface area contributed by atoms with Crippen molar-refractivity contribution in [2.24, 2.45) is 11.7 Å². The van der Waals surface area contributed by atoms with Gasteiger partial charge in [0.2, 0.25) is 0 Å². The molecule has 4 rings (SSSR count). The molecule has 0 atom stereocenters. The number of nitrogens with zero attached hydrogens (tertiary/aromatic N) is 2. The van der Waals surface area contributed by atoms with E-state index in [0.29, 0.717) is 19.6 Å². The van der Waals surface area contributed by atoms with Gasteiger partial charge in [-0.2, -0.15) is 0 Å². The van der Waals surface area contributed by atoms with Gasteiger partial charge in [-0.15, -0.1) is 11.3 Å². The van der Waals surface area contributed by atoms with Crippen molar-refractivity contribution in [2.45, 2.75) is 33.0 Å². The molecule has 31 heavy (non-hydrogen) atoms. The number of benzene rings is 2. The molecule has 7 heteroatoms. The third-order valence-electron chi connectivity index (χ3n) is 5.35. The minimum Gasteiger partial charge on any atom is -0.491 e. The van der Waals surface area contributed by atoms with Crippen molar-refractivity contribution in [3.05, 3.63) is 59.8 Å². The number of thiazole rings is 1. The highest BCUT2D eigenvalue weighted by molar-refractivity contribution is 7.18. The summed E-state index contributed by atoms with van der Waals surface area (Å²) in [5, 5.41) is 9.96. The summed E-state index contributed by atoms with van der Waals surface area (Å²) in [6, 6.07) is 14.4. The smallest absolute Gasteiger partial charge is 0.309 e. The second kappa shape index (κ2) is 9.18. The lowest BCUT2D eigenvalue weighted by Crippen LogP contribution is -2.49. The number of ether oxygens (including phenoxy) is 1. The predicted octanol–water partition coefficient (Wildman–Crippen LogP) is 4.24. The lowest BCUT2D eigenvalue weighted by molar-refractivity contribution is -0.147. The van der Waals surface area contributed by atoms with Crippen molar-refractivity contribution in [1.29, 1.82) is 0 Å². The molecule has 0 bridgehead atoms. The zero-order valence-electron chi connectivity index (χ0n) is 17.7. The molecule has 0 aliphatic carbocycles. The Kier molecular flexibility index (Phi) is 6.36. The van der Waals surface area contributed by atoms with Crippen molar-refractivity contribution < 1.29 is 14.6 Å². The van der Waals surface area contributed by atoms with E-state index in [1.807, 2.05) is 32.2 Å². The van der Waals surface area contributed by atoms with Gasteiger partial charge in [-0.3, -0.25) is 9.69 Å². The molecule has 1 saturated heterocycles. The molecule has 0 unspecified atom stereocenters. The first-order valence-corrected chi connectivity index (χ1v) is 11.2. The maximum atomic E-state index is 10.9. The molecule has 0 spiro atoms. The minimum atomic E-state index is -0.703. The monoisotopic (exact) mass is 437 g/mol. The van der Waals surface area contributed by atoms with Crippen LogP contribution in [0.5, 0.6) is 5.75 Å². The van der Waals surface area contributed by atoms with Crippen LogP contribution in [0.25, 0.3) is 21.0 Å². The van der Waals surface area contributed by atoms with E-state index in [2.05, 4.69) is 40.2 Å². The van der Waals surface area contributed by atoms with Gasteiger partial charge in [-0.1, -0.05) is 24.3 Å². The highest BCUT2D eigenvalue weighted by Crippen LogP contribution is 2.35. The second-order valence-electron chi connectivity index (χ2n) is 8.15. The summed E-state index contributed by atoms with van der Waals surface area (Å²) in [5.41, 5.74) is 10.4. The lowest BCUT2D eigenvalue weighted by atomic mass is 9.99. The maximum Gasteiger partial charge on any atom is 0.309 e. The fraction of sp³-hybridized carbons (Fsp3) is 0.333. The molecule has 0 radical (unpaired) electrons. The normalized spacial score (nSPS) is 14.6. The van der Waals surface area contributed by atoms with E-state index >= 15 is 0 Å². The fourth-order valence-corrected chi connectivity index (χ4v) is 4.71. The van der Waals surface area contributed by atoms with Gasteiger partial charge in [0.1, 0.15) is 10.8 Å². The largest absolute Gasteiger partial charge is 0.491 e. The Hall–Kier alpha value is -2.74. The number of carbonyl (C=O) groups is 1. The molecule has 1 fully saturated rings. The van der Waals surface area contributed by atoms with Crippen molar-refractivity contribution in [3.63, 3.8) is 0 Å². The summed E-state index contributed by atoms with van der Waals surface area (Å²) in [6.45, 7) is 6.47. The lowest BCUT2D eigenvalue weighted by Gasteiger charge is -2.36. The molecule has 6 nitrogen and oxygen atoms in total. The Balaban J connectivity index is 1.46. The molecule has 1 aliphatic heterocycles. The number of aromatic nitrogens is 1. The first-order valence-electron chi connectivity index (χ1n) is 10.4. The van der Waals surface area contributed by atoms with Crippen molar-refractivity contribution >= 4 is 17.3 Å². The zero-order chi connectivity index (χ0) is 22.0. The van der Waals surface area contributed by atoms with Gasteiger partial charge in [0.15, 0.2) is 0 Å². The molecule has 3 aromatic rings. The van der Waals surface area contributed by atoms with Gasteiger partial charge in [0.05, 0.1) is 16.9 Å². The van der Waals surface area contributed by atoms with E-state index in [-0.39, 0.29) is 12.0 Å². The van der Waals surface area contributed by atoms with Crippen LogP contribution in [0.3, 0.4) is 0 Å². The van der Waals surface area contributed by atoms with Gasteiger partial charge in [-0.25, -0.2) is 4.98 Å². The Labute approximate surface area is 186 Å². The summed E-state index contributed by atoms with van der Waals surface area (Å²) in [7, 11) is 0. The van der Waals surface area contributed by atoms with Crippen LogP contribution in [0.15, 0.2) is 48.7 Å². The summed E-state index contributed by atoms with van der Waals surface area (Å²) >= 11 is 1.64. The first-order chi connectivity index (χ1) is 14.9. The Bertz CT molecular complexity index is 1060. The van der Waals surface area contributed by atoms with Crippen LogP contribution in [-0.4, -0.2) is 40.2 Å². The molecule has 2 aromatic carbocycles. The molecular formula is C24H27N3O3S. The van der Waals surface area contributed by atoms with E-state index in [1.165, 1.54) is 5.56 Å². The molecule has 162 valence electrons. The number of hydrogen-bond acceptors (Lipinski definition) is 6. The van der Waals surface area contributed by atoms with Gasteiger partial charge < -0.3 is 15.6 Å². The quantitative estimate of drug-likeness (QED) is 0.548. The van der Waals surface area contributed by atoms with E-state index in [0.717, 1.165) is 38.9 Å². The van der Waals surface area contributed by atoms with E-state index < -0.39 is 5.97 Å². The van der Waals surface area contributed by atoms with Crippen LogP contribution < -0.4 is 10.5 Å². The second-order valence-corrected chi connectivity index (χ2v) is 9.18. The highest BCUT2D eigenvalue weighted by atomic mass is 32.1. The molecular weight excluding hydrogens is 410 g/mol. The number of nitrogens with two attached hydrogens (primary N) is 1. The average Bonchev–Trinajstić information content (AvgIpc) is 3.20. The number of aliphatic carboxylic acids is 1. The van der Waals surface area contributed by atoms with Crippen LogP contribution in [0, 0.1) is 5.92 Å². The summed E-state index contributed by atoms with van der Waals surface area (Å²) < 4.78 is 5.79. The van der Waals surface area contributed by atoms with Gasteiger partial charge in [-0.05, 0) is 48.7 Å². The van der Waals surface area contributed by atoms with Crippen molar-refractivity contribution in [2.75, 3.05) is 13.1 Å². The molecule has 1 aliphatic rings. The highest BCUT2D eigenvalue weighted by Gasteiger charge is 2.32. The van der Waals surface area contributed by atoms with E-state index in [4.69, 9.17) is 15.6 Å². The standard InChI is InChI=1S/C24H27N3O3S/c1-15(2)30-20-7-8-21(18(9-20)10-25)22-11-26-23(31-22)17-5-3-16(4-6-17)12-27-13-19(14-27)24(28)29/h3-9,11,15,19H,10,12-14,25H2,1-2H3,(H,28,29). The average molecular weight is 438 g/mol. The fourth-order valence-electron chi connectivity index (χ4n) is 3.72. The van der Waals surface area contributed by atoms with Crippen LogP contribution in [0.4, 0.5) is 0 Å². The summed E-state index contributed by atoms with van der Waals surface area (Å²) in [5.74, 6) is -0.0973. The van der Waals surface area contributed by atoms with E-state index in [9.17, 15) is 4.79 Å². The Morgan fingerprint density at radius 1 is 1.26 bits per heavy atom. The Morgan fingerprint density at radius 2 is 2.00 bits per heavy atom. The number of carboxylic acid groups (broad SMARTS) is 1. The third kappa shape index (κ3) is 4.95. The zero-order valence-corrected chi connectivity index (χ0v) is 18.6.